The van der Waals surface area contributed by atoms with Crippen LogP contribution in [-0.4, -0.2) is 57.4 Å². The Balaban J connectivity index is 1.51. The number of H-pyrrole nitrogens is 1. The highest BCUT2D eigenvalue weighted by Gasteiger charge is 2.24. The second-order valence-electron chi connectivity index (χ2n) is 9.62. The first kappa shape index (κ1) is 24.1. The van der Waals surface area contributed by atoms with Crippen LogP contribution in [0.15, 0.2) is 73.4 Å². The van der Waals surface area contributed by atoms with Gasteiger partial charge < -0.3 is 9.80 Å². The van der Waals surface area contributed by atoms with Crippen molar-refractivity contribution in [1.82, 2.24) is 25.3 Å². The Hall–Kier alpha value is -4.23. The van der Waals surface area contributed by atoms with Crippen molar-refractivity contribution in [2.24, 2.45) is 0 Å². The van der Waals surface area contributed by atoms with Gasteiger partial charge in [-0.05, 0) is 47.9 Å². The van der Waals surface area contributed by atoms with Crippen molar-refractivity contribution in [1.29, 1.82) is 0 Å². The number of hydrogen-bond donors (Lipinski definition) is 1. The van der Waals surface area contributed by atoms with E-state index in [2.05, 4.69) is 58.0 Å². The minimum atomic E-state index is -0.0449. The van der Waals surface area contributed by atoms with Gasteiger partial charge in [0.1, 0.15) is 0 Å². The number of halogens is 1. The summed E-state index contributed by atoms with van der Waals surface area (Å²) in [6.07, 6.45) is 3.87. The van der Waals surface area contributed by atoms with Crippen LogP contribution in [0.2, 0.25) is 5.02 Å². The molecule has 3 aromatic carbocycles. The smallest absolute Gasteiger partial charge is 0.246 e. The van der Waals surface area contributed by atoms with Gasteiger partial charge in [-0.15, -0.1) is 5.10 Å². The number of carbonyl (C=O) groups excluding carboxylic acids is 1. The zero-order valence-electron chi connectivity index (χ0n) is 21.1. The summed E-state index contributed by atoms with van der Waals surface area (Å²) in [5, 5.41) is 20.4. The quantitative estimate of drug-likeness (QED) is 0.306. The van der Waals surface area contributed by atoms with Gasteiger partial charge >= 0.3 is 0 Å². The molecule has 0 spiro atoms. The van der Waals surface area contributed by atoms with Crippen LogP contribution >= 0.6 is 11.6 Å². The molecule has 5 aromatic rings. The van der Waals surface area contributed by atoms with E-state index in [1.807, 2.05) is 41.4 Å². The van der Waals surface area contributed by atoms with Gasteiger partial charge in [0, 0.05) is 59.3 Å². The fourth-order valence-electron chi connectivity index (χ4n) is 5.31. The van der Waals surface area contributed by atoms with E-state index in [-0.39, 0.29) is 5.91 Å². The maximum atomic E-state index is 12.1. The second-order valence-corrected chi connectivity index (χ2v) is 10.0. The van der Waals surface area contributed by atoms with Gasteiger partial charge in [-0.1, -0.05) is 54.6 Å². The summed E-state index contributed by atoms with van der Waals surface area (Å²) in [5.74, 6) is 0.758. The van der Waals surface area contributed by atoms with Gasteiger partial charge in [-0.25, -0.2) is 0 Å². The summed E-state index contributed by atoms with van der Waals surface area (Å²) >= 11 is 7.01. The number of aryl methyl sites for hydroxylation is 1. The van der Waals surface area contributed by atoms with Crippen LogP contribution in [0.25, 0.3) is 32.8 Å². The third-order valence-electron chi connectivity index (χ3n) is 7.31. The van der Waals surface area contributed by atoms with Crippen LogP contribution in [0.4, 0.5) is 5.82 Å². The highest BCUT2D eigenvalue weighted by Crippen LogP contribution is 2.40. The van der Waals surface area contributed by atoms with Crippen LogP contribution in [0.3, 0.4) is 0 Å². The maximum Gasteiger partial charge on any atom is 0.246 e. The molecule has 1 saturated heterocycles. The SMILES string of the molecule is C=CC(=O)N1CCN(c2nnc(Cc3ccccc3)c3cc(Cl)c(-c4c(C)ccc5[nH]ncc45)cc23)CC1. The van der Waals surface area contributed by atoms with E-state index in [9.17, 15) is 4.79 Å². The van der Waals surface area contributed by atoms with Crippen molar-refractivity contribution in [3.63, 3.8) is 0 Å². The number of amides is 1. The summed E-state index contributed by atoms with van der Waals surface area (Å²) in [6.45, 7) is 8.25. The number of aromatic nitrogens is 4. The highest BCUT2D eigenvalue weighted by molar-refractivity contribution is 6.35. The number of nitrogens with zero attached hydrogens (tertiary/aromatic N) is 5. The molecule has 1 N–H and O–H groups in total. The average Bonchev–Trinajstić information content (AvgIpc) is 3.42. The number of fused-ring (bicyclic) bond motifs is 2. The molecule has 1 fully saturated rings. The lowest BCUT2D eigenvalue weighted by molar-refractivity contribution is -0.126. The van der Waals surface area contributed by atoms with Crippen LogP contribution in [-0.2, 0) is 11.2 Å². The molecule has 2 aromatic heterocycles. The molecule has 0 atom stereocenters. The van der Waals surface area contributed by atoms with Gasteiger partial charge in [-0.3, -0.25) is 9.89 Å². The molecule has 8 heteroatoms. The molecular formula is C30H27ClN6O. The van der Waals surface area contributed by atoms with E-state index in [1.165, 1.54) is 6.08 Å². The summed E-state index contributed by atoms with van der Waals surface area (Å²) < 4.78 is 0. The number of benzene rings is 3. The molecule has 0 unspecified atom stereocenters. The van der Waals surface area contributed by atoms with Gasteiger partial charge in [0.15, 0.2) is 5.82 Å². The van der Waals surface area contributed by atoms with Crippen molar-refractivity contribution in [2.45, 2.75) is 13.3 Å². The van der Waals surface area contributed by atoms with Crippen LogP contribution in [0.1, 0.15) is 16.8 Å². The predicted molar refractivity (Wildman–Crippen MR) is 153 cm³/mol. The number of nitrogens with one attached hydrogen (secondary N) is 1. The first-order valence-electron chi connectivity index (χ1n) is 12.7. The number of carbonyl (C=O) groups is 1. The van der Waals surface area contributed by atoms with Gasteiger partial charge in [0.25, 0.3) is 0 Å². The molecule has 1 amide bonds. The summed E-state index contributed by atoms with van der Waals surface area (Å²) in [7, 11) is 0. The first-order chi connectivity index (χ1) is 18.5. The van der Waals surface area contributed by atoms with Crippen LogP contribution in [0, 0.1) is 6.92 Å². The molecule has 190 valence electrons. The molecule has 38 heavy (non-hydrogen) atoms. The number of piperazine rings is 1. The van der Waals surface area contributed by atoms with Crippen molar-refractivity contribution in [2.75, 3.05) is 31.1 Å². The number of aromatic amines is 1. The minimum Gasteiger partial charge on any atom is -0.351 e. The van der Waals surface area contributed by atoms with Crippen molar-refractivity contribution >= 4 is 45.0 Å². The Morgan fingerprint density at radius 2 is 1.82 bits per heavy atom. The Morgan fingerprint density at radius 1 is 1.03 bits per heavy atom. The molecule has 1 aliphatic heterocycles. The monoisotopic (exact) mass is 522 g/mol. The Morgan fingerprint density at radius 3 is 2.58 bits per heavy atom. The van der Waals surface area contributed by atoms with E-state index in [0.29, 0.717) is 37.6 Å². The Kier molecular flexibility index (Phi) is 6.29. The Labute approximate surface area is 225 Å². The molecule has 0 radical (unpaired) electrons. The van der Waals surface area contributed by atoms with Crippen LogP contribution < -0.4 is 4.90 Å². The lowest BCUT2D eigenvalue weighted by atomic mass is 9.94. The Bertz CT molecular complexity index is 1670. The third kappa shape index (κ3) is 4.29. The van der Waals surface area contributed by atoms with E-state index >= 15 is 0 Å². The second kappa shape index (κ2) is 9.91. The highest BCUT2D eigenvalue weighted by atomic mass is 35.5. The van der Waals surface area contributed by atoms with E-state index in [0.717, 1.165) is 55.4 Å². The van der Waals surface area contributed by atoms with Crippen molar-refractivity contribution in [3.05, 3.63) is 95.3 Å². The maximum absolute atomic E-state index is 12.1. The topological polar surface area (TPSA) is 78.0 Å². The molecule has 3 heterocycles. The van der Waals surface area contributed by atoms with Crippen molar-refractivity contribution < 1.29 is 4.79 Å². The zero-order chi connectivity index (χ0) is 26.2. The largest absolute Gasteiger partial charge is 0.351 e. The van der Waals surface area contributed by atoms with Gasteiger partial charge in [0.2, 0.25) is 5.91 Å². The molecule has 1 aliphatic rings. The lowest BCUT2D eigenvalue weighted by Crippen LogP contribution is -2.48. The van der Waals surface area contributed by atoms with Gasteiger partial charge in [0.05, 0.1) is 17.4 Å². The number of anilines is 1. The molecule has 0 bridgehead atoms. The first-order valence-corrected chi connectivity index (χ1v) is 13.0. The van der Waals surface area contributed by atoms with E-state index in [1.54, 1.807) is 0 Å². The number of hydrogen-bond acceptors (Lipinski definition) is 5. The standard InChI is InChI=1S/C30H27ClN6O/c1-3-28(38)36-11-13-37(14-12-36)30-22-16-23(29-19(2)9-10-26-24(29)18-32-33-26)25(31)17-21(22)27(34-35-30)15-20-7-5-4-6-8-20/h3-10,16-18H,1,11-15H2,2H3,(H,32,33). The molecular weight excluding hydrogens is 496 g/mol. The fraction of sp³-hybridized carbons (Fsp3) is 0.200. The third-order valence-corrected chi connectivity index (χ3v) is 7.62. The molecule has 6 rings (SSSR count). The fourth-order valence-corrected chi connectivity index (χ4v) is 5.57. The van der Waals surface area contributed by atoms with Crippen LogP contribution in [0.5, 0.6) is 0 Å². The molecule has 0 aliphatic carbocycles. The number of rotatable bonds is 5. The zero-order valence-corrected chi connectivity index (χ0v) is 21.9. The summed E-state index contributed by atoms with van der Waals surface area (Å²) in [5.41, 5.74) is 6.10. The summed E-state index contributed by atoms with van der Waals surface area (Å²) in [4.78, 5) is 16.2. The van der Waals surface area contributed by atoms with Gasteiger partial charge in [-0.2, -0.15) is 10.2 Å². The lowest BCUT2D eigenvalue weighted by Gasteiger charge is -2.35. The van der Waals surface area contributed by atoms with E-state index < -0.39 is 0 Å². The summed E-state index contributed by atoms with van der Waals surface area (Å²) in [6, 6.07) is 18.5. The normalized spacial score (nSPS) is 13.8. The predicted octanol–water partition coefficient (Wildman–Crippen LogP) is 5.56. The average molecular weight is 523 g/mol. The molecule has 7 nitrogen and oxygen atoms in total. The van der Waals surface area contributed by atoms with Crippen molar-refractivity contribution in [3.8, 4) is 11.1 Å². The molecule has 0 saturated carbocycles. The minimum absolute atomic E-state index is 0.0449. The van der Waals surface area contributed by atoms with E-state index in [4.69, 9.17) is 16.7 Å².